The second kappa shape index (κ2) is 8.94. The van der Waals surface area contributed by atoms with Crippen molar-refractivity contribution in [1.29, 1.82) is 0 Å². The van der Waals surface area contributed by atoms with Gasteiger partial charge in [0, 0.05) is 23.1 Å². The molecule has 0 bridgehead atoms. The SMILES string of the molecule is Cc1ccc(CSCCNC(=O)Cc2ccc(Cl)cc2F)cc1. The molecule has 1 N–H and O–H groups in total. The molecule has 0 saturated heterocycles. The molecule has 2 aromatic carbocycles. The van der Waals surface area contributed by atoms with E-state index in [4.69, 9.17) is 11.6 Å². The van der Waals surface area contributed by atoms with E-state index in [9.17, 15) is 9.18 Å². The number of hydrogen-bond acceptors (Lipinski definition) is 2. The van der Waals surface area contributed by atoms with Gasteiger partial charge in [0.15, 0.2) is 0 Å². The second-order valence-corrected chi connectivity index (χ2v) is 6.84. The number of benzene rings is 2. The molecule has 23 heavy (non-hydrogen) atoms. The molecule has 122 valence electrons. The molecule has 0 aliphatic heterocycles. The van der Waals surface area contributed by atoms with Crippen LogP contribution >= 0.6 is 23.4 Å². The van der Waals surface area contributed by atoms with Gasteiger partial charge in [-0.2, -0.15) is 11.8 Å². The molecular weight excluding hydrogens is 333 g/mol. The Bertz CT molecular complexity index is 661. The summed E-state index contributed by atoms with van der Waals surface area (Å²) in [5.74, 6) is 1.12. The van der Waals surface area contributed by atoms with Gasteiger partial charge in [0.25, 0.3) is 0 Å². The van der Waals surface area contributed by atoms with Crippen LogP contribution < -0.4 is 5.32 Å². The lowest BCUT2D eigenvalue weighted by molar-refractivity contribution is -0.120. The van der Waals surface area contributed by atoms with E-state index in [1.165, 1.54) is 17.2 Å². The van der Waals surface area contributed by atoms with Crippen LogP contribution in [-0.2, 0) is 17.0 Å². The van der Waals surface area contributed by atoms with Crippen LogP contribution in [0.3, 0.4) is 0 Å². The highest BCUT2D eigenvalue weighted by Crippen LogP contribution is 2.15. The van der Waals surface area contributed by atoms with Gasteiger partial charge in [0.05, 0.1) is 6.42 Å². The quantitative estimate of drug-likeness (QED) is 0.750. The molecule has 2 nitrogen and oxygen atoms in total. The highest BCUT2D eigenvalue weighted by molar-refractivity contribution is 7.98. The van der Waals surface area contributed by atoms with E-state index in [0.717, 1.165) is 11.5 Å². The Morgan fingerprint density at radius 2 is 1.96 bits per heavy atom. The molecule has 5 heteroatoms. The topological polar surface area (TPSA) is 29.1 Å². The maximum atomic E-state index is 13.6. The molecule has 0 aliphatic carbocycles. The van der Waals surface area contributed by atoms with Gasteiger partial charge in [-0.25, -0.2) is 4.39 Å². The van der Waals surface area contributed by atoms with Crippen molar-refractivity contribution < 1.29 is 9.18 Å². The van der Waals surface area contributed by atoms with Crippen LogP contribution in [-0.4, -0.2) is 18.2 Å². The number of thioether (sulfide) groups is 1. The Morgan fingerprint density at radius 3 is 2.65 bits per heavy atom. The van der Waals surface area contributed by atoms with Crippen molar-refractivity contribution in [2.24, 2.45) is 0 Å². The van der Waals surface area contributed by atoms with Crippen LogP contribution in [0.2, 0.25) is 5.02 Å². The summed E-state index contributed by atoms with van der Waals surface area (Å²) >= 11 is 7.45. The van der Waals surface area contributed by atoms with Crippen LogP contribution in [0.25, 0.3) is 0 Å². The Labute approximate surface area is 145 Å². The Kier molecular flexibility index (Phi) is 6.93. The van der Waals surface area contributed by atoms with Gasteiger partial charge in [-0.1, -0.05) is 47.5 Å². The van der Waals surface area contributed by atoms with Crippen molar-refractivity contribution in [3.63, 3.8) is 0 Å². The molecule has 0 atom stereocenters. The summed E-state index contributed by atoms with van der Waals surface area (Å²) in [6.07, 6.45) is 0.0334. The number of carbonyl (C=O) groups excluding carboxylic acids is 1. The molecule has 0 radical (unpaired) electrons. The number of rotatable bonds is 7. The lowest BCUT2D eigenvalue weighted by Crippen LogP contribution is -2.27. The summed E-state index contributed by atoms with van der Waals surface area (Å²) in [7, 11) is 0. The predicted octanol–water partition coefficient (Wildman–Crippen LogP) is 4.38. The van der Waals surface area contributed by atoms with E-state index in [-0.39, 0.29) is 12.3 Å². The zero-order valence-corrected chi connectivity index (χ0v) is 14.5. The Hall–Kier alpha value is -1.52. The summed E-state index contributed by atoms with van der Waals surface area (Å²) in [4.78, 5) is 11.8. The van der Waals surface area contributed by atoms with Gasteiger partial charge < -0.3 is 5.32 Å². The average Bonchev–Trinajstić information content (AvgIpc) is 2.51. The predicted molar refractivity (Wildman–Crippen MR) is 95.5 cm³/mol. The van der Waals surface area contributed by atoms with Crippen LogP contribution in [0.4, 0.5) is 4.39 Å². The monoisotopic (exact) mass is 351 g/mol. The minimum atomic E-state index is -0.443. The van der Waals surface area contributed by atoms with Crippen LogP contribution in [0.1, 0.15) is 16.7 Å². The van der Waals surface area contributed by atoms with Gasteiger partial charge in [-0.15, -0.1) is 0 Å². The number of nitrogens with one attached hydrogen (secondary N) is 1. The number of halogens is 2. The second-order valence-electron chi connectivity index (χ2n) is 5.30. The van der Waals surface area contributed by atoms with Crippen LogP contribution in [0.5, 0.6) is 0 Å². The van der Waals surface area contributed by atoms with Gasteiger partial charge >= 0.3 is 0 Å². The van der Waals surface area contributed by atoms with Gasteiger partial charge in [-0.3, -0.25) is 4.79 Å². The standard InChI is InChI=1S/C18H19ClFNOS/c1-13-2-4-14(5-3-13)12-23-9-8-21-18(22)10-15-6-7-16(19)11-17(15)20/h2-7,11H,8-10,12H2,1H3,(H,21,22). The first-order valence-corrected chi connectivity index (χ1v) is 8.92. The fourth-order valence-corrected chi connectivity index (χ4v) is 3.02. The van der Waals surface area contributed by atoms with Crippen molar-refractivity contribution in [1.82, 2.24) is 5.32 Å². The first kappa shape index (κ1) is 17.8. The third-order valence-electron chi connectivity index (χ3n) is 3.32. The minimum Gasteiger partial charge on any atom is -0.355 e. The smallest absolute Gasteiger partial charge is 0.224 e. The van der Waals surface area contributed by atoms with Gasteiger partial charge in [0.1, 0.15) is 5.82 Å². The number of amides is 1. The van der Waals surface area contributed by atoms with Crippen LogP contribution in [0.15, 0.2) is 42.5 Å². The summed E-state index contributed by atoms with van der Waals surface area (Å²) in [6.45, 7) is 2.64. The molecule has 0 aromatic heterocycles. The van der Waals surface area contributed by atoms with E-state index < -0.39 is 5.82 Å². The first-order chi connectivity index (χ1) is 11.0. The van der Waals surface area contributed by atoms with E-state index >= 15 is 0 Å². The van der Waals surface area contributed by atoms with Crippen molar-refractivity contribution in [2.75, 3.05) is 12.3 Å². The zero-order chi connectivity index (χ0) is 16.7. The fourth-order valence-electron chi connectivity index (χ4n) is 2.04. The molecule has 0 heterocycles. The third-order valence-corrected chi connectivity index (χ3v) is 4.59. The summed E-state index contributed by atoms with van der Waals surface area (Å²) < 4.78 is 13.6. The molecule has 0 aliphatic rings. The molecule has 2 rings (SSSR count). The Morgan fingerprint density at radius 1 is 1.22 bits per heavy atom. The summed E-state index contributed by atoms with van der Waals surface area (Å²) in [5.41, 5.74) is 2.88. The van der Waals surface area contributed by atoms with Crippen LogP contribution in [0, 0.1) is 12.7 Å². The van der Waals surface area contributed by atoms with Gasteiger partial charge in [0.2, 0.25) is 5.91 Å². The lowest BCUT2D eigenvalue weighted by Gasteiger charge is -2.07. The van der Waals surface area contributed by atoms with E-state index in [1.54, 1.807) is 23.9 Å². The maximum absolute atomic E-state index is 13.6. The van der Waals surface area contributed by atoms with Crippen molar-refractivity contribution in [2.45, 2.75) is 19.1 Å². The molecule has 0 saturated carbocycles. The van der Waals surface area contributed by atoms with Crippen molar-refractivity contribution in [3.05, 3.63) is 70.0 Å². The molecule has 2 aromatic rings. The number of carbonyl (C=O) groups is 1. The molecule has 0 spiro atoms. The number of hydrogen-bond donors (Lipinski definition) is 1. The molecule has 1 amide bonds. The van der Waals surface area contributed by atoms with Crippen molar-refractivity contribution >= 4 is 29.3 Å². The summed E-state index contributed by atoms with van der Waals surface area (Å²) in [5, 5.41) is 3.14. The molecule has 0 unspecified atom stereocenters. The maximum Gasteiger partial charge on any atom is 0.224 e. The number of aryl methyl sites for hydroxylation is 1. The lowest BCUT2D eigenvalue weighted by atomic mass is 10.1. The third kappa shape index (κ3) is 6.24. The van der Waals surface area contributed by atoms with E-state index in [0.29, 0.717) is 17.1 Å². The fraction of sp³-hybridized carbons (Fsp3) is 0.278. The van der Waals surface area contributed by atoms with Gasteiger partial charge in [-0.05, 0) is 30.2 Å². The van der Waals surface area contributed by atoms with Crippen molar-refractivity contribution in [3.8, 4) is 0 Å². The minimum absolute atomic E-state index is 0.0334. The van der Waals surface area contributed by atoms with E-state index in [1.807, 2.05) is 0 Å². The summed E-state index contributed by atoms with van der Waals surface area (Å²) in [6, 6.07) is 12.8. The zero-order valence-electron chi connectivity index (χ0n) is 12.9. The van der Waals surface area contributed by atoms with E-state index in [2.05, 4.69) is 36.5 Å². The highest BCUT2D eigenvalue weighted by atomic mass is 35.5. The highest BCUT2D eigenvalue weighted by Gasteiger charge is 2.08. The normalized spacial score (nSPS) is 10.6. The first-order valence-electron chi connectivity index (χ1n) is 7.38. The molecular formula is C18H19ClFNOS. The largest absolute Gasteiger partial charge is 0.355 e. The molecule has 0 fully saturated rings. The average molecular weight is 352 g/mol. The Balaban J connectivity index is 1.65.